The lowest BCUT2D eigenvalue weighted by atomic mass is 9.73. The molecule has 1 saturated carbocycles. The fourth-order valence-corrected chi connectivity index (χ4v) is 3.26. The largest absolute Gasteiger partial charge is 0.0654 e. The van der Waals surface area contributed by atoms with E-state index >= 15 is 0 Å². The van der Waals surface area contributed by atoms with E-state index in [4.69, 9.17) is 0 Å². The summed E-state index contributed by atoms with van der Waals surface area (Å²) < 4.78 is 0. The lowest BCUT2D eigenvalue weighted by molar-refractivity contribution is 0.191. The Kier molecular flexibility index (Phi) is 5.59. The van der Waals surface area contributed by atoms with Gasteiger partial charge >= 0.3 is 0 Å². The van der Waals surface area contributed by atoms with Crippen molar-refractivity contribution in [2.24, 2.45) is 17.8 Å². The van der Waals surface area contributed by atoms with Crippen molar-refractivity contribution in [2.75, 3.05) is 0 Å². The number of rotatable bonds is 5. The molecule has 1 rings (SSSR count). The summed E-state index contributed by atoms with van der Waals surface area (Å²) in [5.41, 5.74) is 0. The van der Waals surface area contributed by atoms with Crippen LogP contribution >= 0.6 is 0 Å². The van der Waals surface area contributed by atoms with Gasteiger partial charge in [-0.1, -0.05) is 65.7 Å². The van der Waals surface area contributed by atoms with Crippen LogP contribution in [0.25, 0.3) is 0 Å². The van der Waals surface area contributed by atoms with Crippen molar-refractivity contribution in [3.63, 3.8) is 0 Å². The summed E-state index contributed by atoms with van der Waals surface area (Å²) >= 11 is 0. The Labute approximate surface area is 90.5 Å². The SMILES string of the molecule is CCCC(C)CC1CCCCC1CC. The molecule has 0 bridgehead atoms. The van der Waals surface area contributed by atoms with Gasteiger partial charge in [-0.15, -0.1) is 0 Å². The summed E-state index contributed by atoms with van der Waals surface area (Å²) in [4.78, 5) is 0. The van der Waals surface area contributed by atoms with Gasteiger partial charge in [0.2, 0.25) is 0 Å². The van der Waals surface area contributed by atoms with Crippen LogP contribution in [0.4, 0.5) is 0 Å². The molecule has 3 unspecified atom stereocenters. The minimum absolute atomic E-state index is 0.970. The maximum absolute atomic E-state index is 2.45. The molecule has 1 fully saturated rings. The van der Waals surface area contributed by atoms with E-state index in [0.29, 0.717) is 0 Å². The van der Waals surface area contributed by atoms with E-state index in [0.717, 1.165) is 17.8 Å². The maximum atomic E-state index is 2.45. The van der Waals surface area contributed by atoms with Crippen LogP contribution in [0.1, 0.15) is 72.1 Å². The third kappa shape index (κ3) is 3.63. The van der Waals surface area contributed by atoms with Crippen molar-refractivity contribution in [1.82, 2.24) is 0 Å². The Morgan fingerprint density at radius 3 is 2.29 bits per heavy atom. The minimum Gasteiger partial charge on any atom is -0.0654 e. The van der Waals surface area contributed by atoms with Gasteiger partial charge in [0, 0.05) is 0 Å². The van der Waals surface area contributed by atoms with E-state index < -0.39 is 0 Å². The second-order valence-electron chi connectivity index (χ2n) is 5.34. The predicted molar refractivity (Wildman–Crippen MR) is 64.4 cm³/mol. The standard InChI is InChI=1S/C14H28/c1-4-8-12(3)11-14-10-7-6-9-13(14)5-2/h12-14H,4-11H2,1-3H3. The fraction of sp³-hybridized carbons (Fsp3) is 1.00. The first-order valence-electron chi connectivity index (χ1n) is 6.77. The highest BCUT2D eigenvalue weighted by molar-refractivity contribution is 4.76. The molecule has 0 amide bonds. The summed E-state index contributed by atoms with van der Waals surface area (Å²) in [6.07, 6.45) is 11.8. The van der Waals surface area contributed by atoms with Gasteiger partial charge in [0.1, 0.15) is 0 Å². The smallest absolute Gasteiger partial charge is 0.0383 e. The second kappa shape index (κ2) is 6.48. The van der Waals surface area contributed by atoms with Gasteiger partial charge in [0.05, 0.1) is 0 Å². The highest BCUT2D eigenvalue weighted by atomic mass is 14.3. The first kappa shape index (κ1) is 12.1. The normalized spacial score (nSPS) is 30.2. The maximum Gasteiger partial charge on any atom is -0.0383 e. The number of hydrogen-bond donors (Lipinski definition) is 0. The van der Waals surface area contributed by atoms with Crippen LogP contribution in [-0.2, 0) is 0 Å². The van der Waals surface area contributed by atoms with Crippen LogP contribution < -0.4 is 0 Å². The van der Waals surface area contributed by atoms with Gasteiger partial charge in [0.25, 0.3) is 0 Å². The van der Waals surface area contributed by atoms with Crippen LogP contribution in [0.3, 0.4) is 0 Å². The average Bonchev–Trinajstić information content (AvgIpc) is 2.19. The van der Waals surface area contributed by atoms with Crippen molar-refractivity contribution in [3.8, 4) is 0 Å². The van der Waals surface area contributed by atoms with Gasteiger partial charge in [-0.05, 0) is 24.2 Å². The third-order valence-electron chi connectivity index (χ3n) is 4.08. The molecule has 1 aliphatic rings. The quantitative estimate of drug-likeness (QED) is 0.578. The minimum atomic E-state index is 0.970. The Hall–Kier alpha value is 0. The lowest BCUT2D eigenvalue weighted by Crippen LogP contribution is -2.21. The Morgan fingerprint density at radius 2 is 1.71 bits per heavy atom. The molecule has 0 heteroatoms. The molecule has 0 spiro atoms. The Bertz CT molecular complexity index is 139. The first-order chi connectivity index (χ1) is 6.77. The van der Waals surface area contributed by atoms with E-state index in [-0.39, 0.29) is 0 Å². The summed E-state index contributed by atoms with van der Waals surface area (Å²) in [5.74, 6) is 3.09. The molecule has 14 heavy (non-hydrogen) atoms. The topological polar surface area (TPSA) is 0 Å². The van der Waals surface area contributed by atoms with Gasteiger partial charge in [-0.2, -0.15) is 0 Å². The van der Waals surface area contributed by atoms with E-state index in [1.54, 1.807) is 0 Å². The van der Waals surface area contributed by atoms with Gasteiger partial charge in [0.15, 0.2) is 0 Å². The Balaban J connectivity index is 2.32. The summed E-state index contributed by atoms with van der Waals surface area (Å²) in [6, 6.07) is 0. The molecule has 0 heterocycles. The van der Waals surface area contributed by atoms with Crippen LogP contribution in [0.2, 0.25) is 0 Å². The molecule has 0 nitrogen and oxygen atoms in total. The van der Waals surface area contributed by atoms with Crippen molar-refractivity contribution >= 4 is 0 Å². The molecule has 1 aliphatic carbocycles. The summed E-state index contributed by atoms with van der Waals surface area (Å²) in [6.45, 7) is 7.15. The monoisotopic (exact) mass is 196 g/mol. The van der Waals surface area contributed by atoms with Gasteiger partial charge in [-0.25, -0.2) is 0 Å². The predicted octanol–water partition coefficient (Wildman–Crippen LogP) is 5.03. The molecular formula is C14H28. The number of hydrogen-bond acceptors (Lipinski definition) is 0. The third-order valence-corrected chi connectivity index (χ3v) is 4.08. The molecule has 0 aromatic rings. The highest BCUT2D eigenvalue weighted by Gasteiger charge is 2.24. The molecule has 0 saturated heterocycles. The molecule has 3 atom stereocenters. The highest BCUT2D eigenvalue weighted by Crippen LogP contribution is 2.36. The van der Waals surface area contributed by atoms with E-state index in [1.165, 1.54) is 51.4 Å². The van der Waals surface area contributed by atoms with Crippen molar-refractivity contribution < 1.29 is 0 Å². The molecule has 0 aromatic heterocycles. The van der Waals surface area contributed by atoms with Crippen molar-refractivity contribution in [2.45, 2.75) is 72.1 Å². The molecule has 0 aromatic carbocycles. The van der Waals surface area contributed by atoms with E-state index in [9.17, 15) is 0 Å². The van der Waals surface area contributed by atoms with E-state index in [2.05, 4.69) is 20.8 Å². The van der Waals surface area contributed by atoms with Crippen molar-refractivity contribution in [3.05, 3.63) is 0 Å². The summed E-state index contributed by atoms with van der Waals surface area (Å²) in [5, 5.41) is 0. The average molecular weight is 196 g/mol. The van der Waals surface area contributed by atoms with Crippen LogP contribution in [0.15, 0.2) is 0 Å². The van der Waals surface area contributed by atoms with Crippen LogP contribution in [0.5, 0.6) is 0 Å². The van der Waals surface area contributed by atoms with Gasteiger partial charge in [-0.3, -0.25) is 0 Å². The van der Waals surface area contributed by atoms with Crippen LogP contribution in [0, 0.1) is 17.8 Å². The first-order valence-corrected chi connectivity index (χ1v) is 6.77. The second-order valence-corrected chi connectivity index (χ2v) is 5.34. The Morgan fingerprint density at radius 1 is 1.07 bits per heavy atom. The summed E-state index contributed by atoms with van der Waals surface area (Å²) in [7, 11) is 0. The van der Waals surface area contributed by atoms with Gasteiger partial charge < -0.3 is 0 Å². The zero-order valence-electron chi connectivity index (χ0n) is 10.4. The molecule has 0 aliphatic heterocycles. The van der Waals surface area contributed by atoms with Crippen molar-refractivity contribution in [1.29, 1.82) is 0 Å². The van der Waals surface area contributed by atoms with E-state index in [1.807, 2.05) is 0 Å². The zero-order chi connectivity index (χ0) is 10.4. The molecule has 84 valence electrons. The molecular weight excluding hydrogens is 168 g/mol. The zero-order valence-corrected chi connectivity index (χ0v) is 10.4. The lowest BCUT2D eigenvalue weighted by Gasteiger charge is -2.32. The van der Waals surface area contributed by atoms with Crippen LogP contribution in [-0.4, -0.2) is 0 Å². The fourth-order valence-electron chi connectivity index (χ4n) is 3.26. The molecule has 0 N–H and O–H groups in total. The molecule has 0 radical (unpaired) electrons.